The highest BCUT2D eigenvalue weighted by Gasteiger charge is 2.51. The van der Waals surface area contributed by atoms with Gasteiger partial charge in [0.05, 0.1) is 40.1 Å². The number of hydrogen-bond donors (Lipinski definition) is 2. The summed E-state index contributed by atoms with van der Waals surface area (Å²) in [5, 5.41) is 15.3. The van der Waals surface area contributed by atoms with Crippen molar-refractivity contribution >= 4 is 58.8 Å². The van der Waals surface area contributed by atoms with Gasteiger partial charge in [0.1, 0.15) is 25.2 Å². The van der Waals surface area contributed by atoms with E-state index in [2.05, 4.69) is 27.5 Å². The smallest absolute Gasteiger partial charge is 0.444 e. The number of nitrogens with one attached hydrogen (secondary N) is 2. The molecule has 2 aromatic heterocycles. The number of fused-ring (bicyclic) bond motifs is 1. The lowest BCUT2D eigenvalue weighted by atomic mass is 9.79. The van der Waals surface area contributed by atoms with Crippen LogP contribution >= 0.6 is 0 Å². The zero-order valence-electron chi connectivity index (χ0n) is 30.3. The van der Waals surface area contributed by atoms with Crippen LogP contribution in [0.25, 0.3) is 11.0 Å². The Morgan fingerprint density at radius 2 is 1.69 bits per heavy atom. The van der Waals surface area contributed by atoms with Crippen LogP contribution < -0.4 is 21.0 Å². The Bertz CT molecular complexity index is 1990. The predicted octanol–water partition coefficient (Wildman–Crippen LogP) is 5.15. The molecule has 0 spiro atoms. The number of aromatic nitrogens is 3. The number of rotatable bonds is 8. The number of benzene rings is 2. The van der Waals surface area contributed by atoms with Crippen molar-refractivity contribution in [1.29, 1.82) is 5.26 Å². The molecule has 0 unspecified atom stereocenters. The molecule has 0 bridgehead atoms. The van der Waals surface area contributed by atoms with Crippen LogP contribution in [0.2, 0.25) is 0 Å². The first kappa shape index (κ1) is 36.3. The van der Waals surface area contributed by atoms with Gasteiger partial charge in [0, 0.05) is 26.3 Å². The van der Waals surface area contributed by atoms with Gasteiger partial charge in [0.2, 0.25) is 5.91 Å². The SMILES string of the molecule is C[C@@H]1CCN(C(=O)CC#N)C[C@@H]1N(C)c1ncnc2c1ccn2C(=O)Nc1ccccc1NC(=O)OCc1ccc(B2OC(C)(C)C(C)(C)O2)cc1. The van der Waals surface area contributed by atoms with Gasteiger partial charge >= 0.3 is 19.2 Å². The Labute approximate surface area is 303 Å². The highest BCUT2D eigenvalue weighted by molar-refractivity contribution is 6.62. The molecule has 52 heavy (non-hydrogen) atoms. The second-order valence-electron chi connectivity index (χ2n) is 14.2. The van der Waals surface area contributed by atoms with Crippen LogP contribution in [0.4, 0.5) is 26.8 Å². The molecule has 6 rings (SSSR count). The van der Waals surface area contributed by atoms with Crippen molar-refractivity contribution in [2.75, 3.05) is 35.7 Å². The van der Waals surface area contributed by atoms with Crippen molar-refractivity contribution in [1.82, 2.24) is 19.4 Å². The average molecular weight is 707 g/mol. The maximum Gasteiger partial charge on any atom is 0.494 e. The number of nitriles is 1. The lowest BCUT2D eigenvalue weighted by Crippen LogP contribution is -2.52. The molecule has 2 N–H and O–H groups in total. The van der Waals surface area contributed by atoms with Crippen LogP contribution in [-0.2, 0) is 25.4 Å². The van der Waals surface area contributed by atoms with E-state index in [4.69, 9.17) is 19.3 Å². The first-order chi connectivity index (χ1) is 24.8. The topological polar surface area (TPSA) is 164 Å². The molecule has 0 radical (unpaired) electrons. The van der Waals surface area contributed by atoms with Crippen molar-refractivity contribution in [2.45, 2.75) is 71.3 Å². The van der Waals surface area contributed by atoms with Crippen LogP contribution in [0.5, 0.6) is 0 Å². The number of amides is 3. The first-order valence-electron chi connectivity index (χ1n) is 17.3. The number of anilines is 3. The van der Waals surface area contributed by atoms with Gasteiger partial charge in [-0.3, -0.25) is 14.7 Å². The third-order valence-corrected chi connectivity index (χ3v) is 10.3. The summed E-state index contributed by atoms with van der Waals surface area (Å²) in [6, 6.07) is 17.5. The molecule has 2 aliphatic heterocycles. The quantitative estimate of drug-likeness (QED) is 0.234. The number of piperidine rings is 1. The summed E-state index contributed by atoms with van der Waals surface area (Å²) < 4.78 is 19.1. The van der Waals surface area contributed by atoms with Gasteiger partial charge in [-0.05, 0) is 69.3 Å². The second kappa shape index (κ2) is 14.6. The summed E-state index contributed by atoms with van der Waals surface area (Å²) in [6.45, 7) is 11.2. The number of likely N-dealkylation sites (N-methyl/N-ethyl adjacent to an activating group) is 1. The van der Waals surface area contributed by atoms with E-state index in [0.717, 1.165) is 17.4 Å². The standard InChI is InChI=1S/C37H43BN8O6/c1-24-16-19-45(31(47)15-18-39)21-30(24)44(6)32-27-17-20-46(33(27)41-23-40-32)34(48)42-28-9-7-8-10-29(28)43-35(49)50-22-25-11-13-26(14-12-25)38-51-36(2,3)37(4,5)52-38/h7-14,17,20,23-24,30H,15-16,19,21-22H2,1-6H3,(H,42,48)(H,43,49)/t24-,30+/m1/s1. The Balaban J connectivity index is 1.09. The van der Waals surface area contributed by atoms with Gasteiger partial charge in [-0.1, -0.05) is 43.3 Å². The maximum atomic E-state index is 13.6. The molecule has 2 aromatic carbocycles. The second-order valence-corrected chi connectivity index (χ2v) is 14.2. The third-order valence-electron chi connectivity index (χ3n) is 10.3. The zero-order chi connectivity index (χ0) is 37.2. The lowest BCUT2D eigenvalue weighted by molar-refractivity contribution is -0.131. The molecule has 15 heteroatoms. The molecule has 3 amide bonds. The van der Waals surface area contributed by atoms with E-state index in [1.54, 1.807) is 41.4 Å². The predicted molar refractivity (Wildman–Crippen MR) is 197 cm³/mol. The van der Waals surface area contributed by atoms with Crippen LogP contribution in [0.3, 0.4) is 0 Å². The largest absolute Gasteiger partial charge is 0.494 e. The van der Waals surface area contributed by atoms with Gasteiger partial charge in [-0.15, -0.1) is 0 Å². The van der Waals surface area contributed by atoms with Gasteiger partial charge < -0.3 is 29.2 Å². The first-order valence-corrected chi connectivity index (χ1v) is 17.3. The van der Waals surface area contributed by atoms with Gasteiger partial charge in [-0.2, -0.15) is 5.26 Å². The Morgan fingerprint density at radius 1 is 1.02 bits per heavy atom. The summed E-state index contributed by atoms with van der Waals surface area (Å²) in [5.74, 6) is 0.696. The van der Waals surface area contributed by atoms with Crippen molar-refractivity contribution < 1.29 is 28.4 Å². The molecule has 4 heterocycles. The van der Waals surface area contributed by atoms with E-state index >= 15 is 0 Å². The van der Waals surface area contributed by atoms with Crippen LogP contribution in [0.1, 0.15) is 53.0 Å². The number of ether oxygens (including phenoxy) is 1. The number of hydrogen-bond acceptors (Lipinski definition) is 10. The van der Waals surface area contributed by atoms with Crippen LogP contribution in [0, 0.1) is 17.2 Å². The van der Waals surface area contributed by atoms with Gasteiger partial charge in [-0.25, -0.2) is 19.6 Å². The number of likely N-dealkylation sites (tertiary alicyclic amines) is 1. The number of nitrogens with zero attached hydrogens (tertiary/aromatic N) is 6. The van der Waals surface area contributed by atoms with Gasteiger partial charge in [0.15, 0.2) is 5.65 Å². The van der Waals surface area contributed by atoms with Crippen molar-refractivity contribution in [2.24, 2.45) is 5.92 Å². The van der Waals surface area contributed by atoms with E-state index in [-0.39, 0.29) is 30.9 Å². The molecular weight excluding hydrogens is 663 g/mol. The average Bonchev–Trinajstić information content (AvgIpc) is 3.65. The van der Waals surface area contributed by atoms with E-state index in [1.807, 2.05) is 70.0 Å². The summed E-state index contributed by atoms with van der Waals surface area (Å²) in [7, 11) is 1.43. The molecule has 2 fully saturated rings. The third kappa shape index (κ3) is 7.44. The highest BCUT2D eigenvalue weighted by atomic mass is 16.7. The molecule has 270 valence electrons. The maximum absolute atomic E-state index is 13.6. The molecule has 4 aromatic rings. The monoisotopic (exact) mass is 706 g/mol. The highest BCUT2D eigenvalue weighted by Crippen LogP contribution is 2.36. The fourth-order valence-corrected chi connectivity index (χ4v) is 6.42. The molecular formula is C37H43BN8O6. The summed E-state index contributed by atoms with van der Waals surface area (Å²) in [5.41, 5.74) is 1.87. The lowest BCUT2D eigenvalue weighted by Gasteiger charge is -2.42. The molecule has 14 nitrogen and oxygen atoms in total. The Kier molecular flexibility index (Phi) is 10.2. The van der Waals surface area contributed by atoms with E-state index in [1.165, 1.54) is 10.9 Å². The molecule has 2 aliphatic rings. The van der Waals surface area contributed by atoms with Crippen LogP contribution in [-0.4, -0.2) is 82.0 Å². The van der Waals surface area contributed by atoms with Gasteiger partial charge in [0.25, 0.3) is 0 Å². The normalized spacial score (nSPS) is 19.2. The number of carbonyl (C=O) groups excluding carboxylic acids is 3. The summed E-state index contributed by atoms with van der Waals surface area (Å²) in [4.78, 5) is 51.6. The fourth-order valence-electron chi connectivity index (χ4n) is 6.42. The fraction of sp³-hybridized carbons (Fsp3) is 0.405. The van der Waals surface area contributed by atoms with Crippen molar-refractivity contribution in [3.63, 3.8) is 0 Å². The minimum Gasteiger partial charge on any atom is -0.444 e. The van der Waals surface area contributed by atoms with Crippen molar-refractivity contribution in [3.8, 4) is 6.07 Å². The summed E-state index contributed by atoms with van der Waals surface area (Å²) >= 11 is 0. The molecule has 2 atom stereocenters. The van der Waals surface area contributed by atoms with E-state index in [0.29, 0.717) is 41.3 Å². The molecule has 0 aliphatic carbocycles. The molecule has 0 saturated carbocycles. The van der Waals surface area contributed by atoms with Crippen molar-refractivity contribution in [3.05, 3.63) is 72.7 Å². The number of para-hydroxylation sites is 2. The minimum absolute atomic E-state index is 0.0314. The Hall–Kier alpha value is -5.46. The van der Waals surface area contributed by atoms with E-state index < -0.39 is 30.4 Å². The van der Waals surface area contributed by atoms with Crippen LogP contribution in [0.15, 0.2) is 67.1 Å². The zero-order valence-corrected chi connectivity index (χ0v) is 30.3. The number of carbonyl (C=O) groups is 3. The summed E-state index contributed by atoms with van der Waals surface area (Å²) in [6.07, 6.45) is 2.97. The Morgan fingerprint density at radius 3 is 2.37 bits per heavy atom. The molecule has 2 saturated heterocycles. The van der Waals surface area contributed by atoms with E-state index in [9.17, 15) is 14.4 Å². The minimum atomic E-state index is -0.687.